The molecule has 2 aromatic rings. The second-order valence-electron chi connectivity index (χ2n) is 4.06. The summed E-state index contributed by atoms with van der Waals surface area (Å²) in [6.07, 6.45) is -5.15. The molecule has 116 valence electrons. The van der Waals surface area contributed by atoms with E-state index in [4.69, 9.17) is 9.52 Å². The van der Waals surface area contributed by atoms with Crippen LogP contribution < -0.4 is 10.7 Å². The average molecular weight is 380 g/mol. The molecule has 0 bridgehead atoms. The smallest absolute Gasteiger partial charge is 0.471 e. The first-order valence-corrected chi connectivity index (χ1v) is 6.28. The minimum Gasteiger partial charge on any atom is -0.475 e. The molecule has 0 fully saturated rings. The van der Waals surface area contributed by atoms with Crippen LogP contribution in [0.25, 0.3) is 11.0 Å². The molecule has 0 aliphatic heterocycles. The van der Waals surface area contributed by atoms with Crippen LogP contribution in [0.4, 0.5) is 18.9 Å². The van der Waals surface area contributed by atoms with Crippen LogP contribution in [0.1, 0.15) is 10.6 Å². The first kappa shape index (κ1) is 16.0. The number of hydrogen-bond acceptors (Lipinski definition) is 4. The molecular formula is C12H5BrF3NO5. The minimum atomic E-state index is -5.15. The molecule has 0 radical (unpaired) electrons. The van der Waals surface area contributed by atoms with E-state index in [2.05, 4.69) is 15.9 Å². The third kappa shape index (κ3) is 3.11. The van der Waals surface area contributed by atoms with Crippen LogP contribution in [-0.2, 0) is 4.79 Å². The van der Waals surface area contributed by atoms with E-state index in [1.807, 2.05) is 0 Å². The maximum absolute atomic E-state index is 12.3. The van der Waals surface area contributed by atoms with Gasteiger partial charge in [0.1, 0.15) is 0 Å². The number of alkyl halides is 3. The fourth-order valence-electron chi connectivity index (χ4n) is 1.61. The summed E-state index contributed by atoms with van der Waals surface area (Å²) in [4.78, 5) is 33.7. The second-order valence-corrected chi connectivity index (χ2v) is 4.98. The number of amides is 1. The standard InChI is InChI=1S/C12H5BrF3NO5/c13-4-1-5-7(18)3-8(10(19)20)22-9(5)6(2-4)17-11(21)12(14,15)16/h1-3H,(H,17,21)(H,19,20). The summed E-state index contributed by atoms with van der Waals surface area (Å²) in [5, 5.41) is 10.2. The molecule has 2 rings (SSSR count). The maximum Gasteiger partial charge on any atom is 0.471 e. The SMILES string of the molecule is O=C(O)c1cc(=O)c2cc(Br)cc(NC(=O)C(F)(F)F)c2o1. The van der Waals surface area contributed by atoms with E-state index in [0.717, 1.165) is 6.07 Å². The largest absolute Gasteiger partial charge is 0.475 e. The van der Waals surface area contributed by atoms with Gasteiger partial charge in [-0.25, -0.2) is 4.79 Å². The van der Waals surface area contributed by atoms with Crippen LogP contribution >= 0.6 is 15.9 Å². The zero-order chi connectivity index (χ0) is 16.7. The van der Waals surface area contributed by atoms with Crippen LogP contribution in [-0.4, -0.2) is 23.2 Å². The molecule has 1 heterocycles. The van der Waals surface area contributed by atoms with Gasteiger partial charge in [-0.1, -0.05) is 15.9 Å². The molecule has 1 aromatic heterocycles. The Hall–Kier alpha value is -2.36. The monoisotopic (exact) mass is 379 g/mol. The second kappa shape index (κ2) is 5.44. The molecule has 0 atom stereocenters. The van der Waals surface area contributed by atoms with E-state index in [1.165, 1.54) is 11.4 Å². The number of halogens is 4. The van der Waals surface area contributed by atoms with Crippen LogP contribution in [0.3, 0.4) is 0 Å². The van der Waals surface area contributed by atoms with Gasteiger partial charge in [-0.3, -0.25) is 9.59 Å². The van der Waals surface area contributed by atoms with Gasteiger partial charge in [-0.2, -0.15) is 13.2 Å². The predicted octanol–water partition coefficient (Wildman–Crippen LogP) is 2.75. The van der Waals surface area contributed by atoms with Crippen LogP contribution in [0.15, 0.2) is 31.9 Å². The third-order valence-electron chi connectivity index (χ3n) is 2.51. The summed E-state index contributed by atoms with van der Waals surface area (Å²) in [6, 6.07) is 2.98. The highest BCUT2D eigenvalue weighted by Gasteiger charge is 2.39. The Morgan fingerprint density at radius 1 is 1.23 bits per heavy atom. The van der Waals surface area contributed by atoms with Gasteiger partial charge >= 0.3 is 18.1 Å². The maximum atomic E-state index is 12.3. The average Bonchev–Trinajstić information content (AvgIpc) is 2.38. The highest BCUT2D eigenvalue weighted by Crippen LogP contribution is 2.29. The number of carboxylic acid groups (broad SMARTS) is 1. The van der Waals surface area contributed by atoms with Crippen LogP contribution in [0.2, 0.25) is 0 Å². The normalized spacial score (nSPS) is 11.5. The molecule has 1 aromatic carbocycles. The molecule has 22 heavy (non-hydrogen) atoms. The number of hydrogen-bond donors (Lipinski definition) is 2. The van der Waals surface area contributed by atoms with Gasteiger partial charge in [-0.15, -0.1) is 0 Å². The summed E-state index contributed by atoms with van der Waals surface area (Å²) in [6.45, 7) is 0. The van der Waals surface area contributed by atoms with Crippen molar-refractivity contribution in [3.63, 3.8) is 0 Å². The van der Waals surface area contributed by atoms with Gasteiger partial charge in [0.05, 0.1) is 11.1 Å². The number of rotatable bonds is 2. The highest BCUT2D eigenvalue weighted by atomic mass is 79.9. The topological polar surface area (TPSA) is 96.6 Å². The number of nitrogens with one attached hydrogen (secondary N) is 1. The summed E-state index contributed by atoms with van der Waals surface area (Å²) in [5.74, 6) is -4.62. The van der Waals surface area contributed by atoms with Crippen molar-refractivity contribution >= 4 is 44.5 Å². The lowest BCUT2D eigenvalue weighted by Gasteiger charge is -2.10. The number of benzene rings is 1. The molecule has 0 aliphatic carbocycles. The molecular weight excluding hydrogens is 375 g/mol. The van der Waals surface area contributed by atoms with Gasteiger partial charge in [-0.05, 0) is 12.1 Å². The number of carbonyl (C=O) groups excluding carboxylic acids is 1. The molecule has 0 unspecified atom stereocenters. The third-order valence-corrected chi connectivity index (χ3v) is 2.97. The summed E-state index contributed by atoms with van der Waals surface area (Å²) in [7, 11) is 0. The molecule has 0 saturated carbocycles. The number of aromatic carboxylic acids is 1. The fourth-order valence-corrected chi connectivity index (χ4v) is 2.07. The number of fused-ring (bicyclic) bond motifs is 1. The van der Waals surface area contributed by atoms with E-state index in [0.29, 0.717) is 6.07 Å². The first-order chi connectivity index (χ1) is 10.1. The van der Waals surface area contributed by atoms with E-state index in [-0.39, 0.29) is 9.86 Å². The van der Waals surface area contributed by atoms with Crippen LogP contribution in [0.5, 0.6) is 0 Å². The predicted molar refractivity (Wildman–Crippen MR) is 71.8 cm³/mol. The Kier molecular flexibility index (Phi) is 3.96. The first-order valence-electron chi connectivity index (χ1n) is 5.48. The summed E-state index contributed by atoms with van der Waals surface area (Å²) < 4.78 is 42.0. The lowest BCUT2D eigenvalue weighted by molar-refractivity contribution is -0.167. The van der Waals surface area contributed by atoms with Crippen molar-refractivity contribution in [1.29, 1.82) is 0 Å². The van der Waals surface area contributed by atoms with E-state index in [1.54, 1.807) is 0 Å². The van der Waals surface area contributed by atoms with Gasteiger partial charge in [0.15, 0.2) is 11.0 Å². The van der Waals surface area contributed by atoms with Gasteiger partial charge in [0.25, 0.3) is 0 Å². The Bertz CT molecular complexity index is 843. The lowest BCUT2D eigenvalue weighted by Crippen LogP contribution is -2.30. The molecule has 1 amide bonds. The summed E-state index contributed by atoms with van der Waals surface area (Å²) >= 11 is 2.98. The van der Waals surface area contributed by atoms with Crippen molar-refractivity contribution in [2.75, 3.05) is 5.32 Å². The van der Waals surface area contributed by atoms with Crippen molar-refractivity contribution in [2.45, 2.75) is 6.18 Å². The quantitative estimate of drug-likeness (QED) is 0.836. The van der Waals surface area contributed by atoms with Crippen molar-refractivity contribution in [1.82, 2.24) is 0 Å². The molecule has 0 aliphatic rings. The zero-order valence-corrected chi connectivity index (χ0v) is 11.9. The zero-order valence-electron chi connectivity index (χ0n) is 10.3. The molecule has 2 N–H and O–H groups in total. The molecule has 6 nitrogen and oxygen atoms in total. The van der Waals surface area contributed by atoms with Crippen LogP contribution in [0, 0.1) is 0 Å². The van der Waals surface area contributed by atoms with Gasteiger partial charge in [0, 0.05) is 10.5 Å². The fraction of sp³-hybridized carbons (Fsp3) is 0.0833. The van der Waals surface area contributed by atoms with E-state index in [9.17, 15) is 27.6 Å². The van der Waals surface area contributed by atoms with Crippen molar-refractivity contribution in [3.8, 4) is 0 Å². The Labute approximate surface area is 127 Å². The number of carbonyl (C=O) groups is 2. The van der Waals surface area contributed by atoms with E-state index >= 15 is 0 Å². The highest BCUT2D eigenvalue weighted by molar-refractivity contribution is 9.10. The molecule has 0 spiro atoms. The van der Waals surface area contributed by atoms with Crippen molar-refractivity contribution in [3.05, 3.63) is 38.7 Å². The van der Waals surface area contributed by atoms with Crippen molar-refractivity contribution in [2.24, 2.45) is 0 Å². The summed E-state index contributed by atoms with van der Waals surface area (Å²) in [5.41, 5.74) is -1.72. The minimum absolute atomic E-state index is 0.183. The number of carboxylic acids is 1. The Balaban J connectivity index is 2.70. The lowest BCUT2D eigenvalue weighted by atomic mass is 10.2. The van der Waals surface area contributed by atoms with Crippen molar-refractivity contribution < 1.29 is 32.3 Å². The number of anilines is 1. The Morgan fingerprint density at radius 3 is 2.41 bits per heavy atom. The molecule has 0 saturated heterocycles. The van der Waals surface area contributed by atoms with E-state index < -0.39 is 40.5 Å². The molecule has 10 heteroatoms. The van der Waals surface area contributed by atoms with Gasteiger partial charge < -0.3 is 14.8 Å². The van der Waals surface area contributed by atoms with Gasteiger partial charge in [0.2, 0.25) is 5.76 Å². The Morgan fingerprint density at radius 2 is 1.86 bits per heavy atom.